The predicted molar refractivity (Wildman–Crippen MR) is 52.0 cm³/mol. The van der Waals surface area contributed by atoms with Crippen molar-refractivity contribution in [1.82, 2.24) is 0 Å². The Bertz CT molecular complexity index is 280. The van der Waals surface area contributed by atoms with E-state index < -0.39 is 11.9 Å². The molecular weight excluding hydrogens is 200 g/mol. The molecule has 0 atom stereocenters. The van der Waals surface area contributed by atoms with Crippen LogP contribution in [0.2, 0.25) is 0 Å². The highest BCUT2D eigenvalue weighted by Crippen LogP contribution is 1.93. The third-order valence-electron chi connectivity index (χ3n) is 1.32. The number of ether oxygens (including phenoxy) is 2. The number of carbonyl (C=O) groups excluding carboxylic acids is 3. The number of carbonyl (C=O) groups is 3. The van der Waals surface area contributed by atoms with Crippen molar-refractivity contribution >= 4 is 17.7 Å². The van der Waals surface area contributed by atoms with Crippen LogP contribution >= 0.6 is 0 Å². The zero-order valence-electron chi connectivity index (χ0n) is 8.87. The summed E-state index contributed by atoms with van der Waals surface area (Å²) in [6, 6.07) is 0. The number of hydrogen-bond donors (Lipinski definition) is 0. The van der Waals surface area contributed by atoms with E-state index in [2.05, 4.69) is 16.1 Å². The lowest BCUT2D eigenvalue weighted by Crippen LogP contribution is -2.15. The number of Topliss-reactive ketones (excluding diaryl/α,β-unsaturated/α-hetero) is 1. The van der Waals surface area contributed by atoms with Crippen molar-refractivity contribution in [1.29, 1.82) is 0 Å². The van der Waals surface area contributed by atoms with Crippen molar-refractivity contribution in [3.63, 3.8) is 0 Å². The van der Waals surface area contributed by atoms with E-state index in [4.69, 9.17) is 0 Å². The largest absolute Gasteiger partial charge is 0.462 e. The Morgan fingerprint density at radius 1 is 1.07 bits per heavy atom. The fourth-order valence-electron chi connectivity index (χ4n) is 0.667. The maximum Gasteiger partial charge on any atom is 0.333 e. The number of esters is 2. The molecule has 0 heterocycles. The van der Waals surface area contributed by atoms with Crippen molar-refractivity contribution in [3.05, 3.63) is 12.2 Å². The van der Waals surface area contributed by atoms with Crippen LogP contribution in [0.3, 0.4) is 0 Å². The predicted octanol–water partition coefficient (Wildman–Crippen LogP) is 0.628. The van der Waals surface area contributed by atoms with Crippen LogP contribution in [0.25, 0.3) is 0 Å². The standard InChI is InChI=1S/C10H14O5/c1-7(2)10(13)15-5-4-14-9(12)6-8(3)11/h1,4-6H2,2-3H3. The maximum absolute atomic E-state index is 10.8. The SMILES string of the molecule is C=C(C)C(=O)OCCOC(=O)CC(C)=O. The first-order valence-corrected chi connectivity index (χ1v) is 4.41. The third-order valence-corrected chi connectivity index (χ3v) is 1.32. The van der Waals surface area contributed by atoms with E-state index in [0.29, 0.717) is 0 Å². The van der Waals surface area contributed by atoms with Gasteiger partial charge in [0.2, 0.25) is 0 Å². The van der Waals surface area contributed by atoms with Gasteiger partial charge < -0.3 is 9.47 Å². The van der Waals surface area contributed by atoms with Crippen LogP contribution in [0.4, 0.5) is 0 Å². The maximum atomic E-state index is 10.8. The Kier molecular flexibility index (Phi) is 6.01. The summed E-state index contributed by atoms with van der Waals surface area (Å²) in [4.78, 5) is 32.2. The van der Waals surface area contributed by atoms with Gasteiger partial charge in [-0.05, 0) is 13.8 Å². The molecule has 15 heavy (non-hydrogen) atoms. The second-order valence-corrected chi connectivity index (χ2v) is 3.02. The average Bonchev–Trinajstić information content (AvgIpc) is 2.10. The van der Waals surface area contributed by atoms with Crippen molar-refractivity contribution in [2.75, 3.05) is 13.2 Å². The summed E-state index contributed by atoms with van der Waals surface area (Å²) in [5, 5.41) is 0. The molecule has 84 valence electrons. The Labute approximate surface area is 88.0 Å². The molecule has 0 aromatic carbocycles. The fourth-order valence-corrected chi connectivity index (χ4v) is 0.667. The van der Waals surface area contributed by atoms with Crippen LogP contribution in [-0.4, -0.2) is 30.9 Å². The first kappa shape index (κ1) is 13.4. The van der Waals surface area contributed by atoms with Crippen molar-refractivity contribution in [3.8, 4) is 0 Å². The molecular formula is C10H14O5. The Balaban J connectivity index is 3.55. The molecule has 0 saturated heterocycles. The second kappa shape index (κ2) is 6.75. The second-order valence-electron chi connectivity index (χ2n) is 3.02. The summed E-state index contributed by atoms with van der Waals surface area (Å²) in [5.74, 6) is -1.41. The first-order chi connectivity index (χ1) is 6.93. The monoisotopic (exact) mass is 214 g/mol. The molecule has 0 radical (unpaired) electrons. The molecule has 0 aromatic rings. The van der Waals surface area contributed by atoms with Gasteiger partial charge in [0.25, 0.3) is 0 Å². The molecule has 0 aliphatic carbocycles. The molecule has 0 aromatic heterocycles. The van der Waals surface area contributed by atoms with Crippen molar-refractivity contribution in [2.24, 2.45) is 0 Å². The molecule has 0 amide bonds. The van der Waals surface area contributed by atoms with Crippen LogP contribution in [0.15, 0.2) is 12.2 Å². The van der Waals surface area contributed by atoms with E-state index in [1.54, 1.807) is 0 Å². The van der Waals surface area contributed by atoms with Gasteiger partial charge in [0.1, 0.15) is 25.4 Å². The minimum absolute atomic E-state index is 0.0324. The zero-order valence-corrected chi connectivity index (χ0v) is 8.87. The van der Waals surface area contributed by atoms with E-state index in [1.165, 1.54) is 13.8 Å². The van der Waals surface area contributed by atoms with E-state index >= 15 is 0 Å². The minimum atomic E-state index is -0.617. The van der Waals surface area contributed by atoms with E-state index in [-0.39, 0.29) is 31.0 Å². The number of hydrogen-bond acceptors (Lipinski definition) is 5. The van der Waals surface area contributed by atoms with Gasteiger partial charge in [-0.1, -0.05) is 6.58 Å². The van der Waals surface area contributed by atoms with Crippen molar-refractivity contribution < 1.29 is 23.9 Å². The summed E-state index contributed by atoms with van der Waals surface area (Å²) in [5.41, 5.74) is 0.282. The molecule has 5 nitrogen and oxygen atoms in total. The topological polar surface area (TPSA) is 69.7 Å². The normalized spacial score (nSPS) is 9.20. The summed E-state index contributed by atoms with van der Waals surface area (Å²) >= 11 is 0. The third kappa shape index (κ3) is 7.42. The molecule has 0 N–H and O–H groups in total. The molecule has 0 bridgehead atoms. The number of ketones is 1. The van der Waals surface area contributed by atoms with Gasteiger partial charge in [-0.3, -0.25) is 9.59 Å². The molecule has 0 fully saturated rings. The lowest BCUT2D eigenvalue weighted by molar-refractivity contribution is -0.151. The molecule has 0 unspecified atom stereocenters. The summed E-state index contributed by atoms with van der Waals surface area (Å²) in [6.07, 6.45) is -0.256. The van der Waals surface area contributed by atoms with Crippen LogP contribution in [0, 0.1) is 0 Å². The van der Waals surface area contributed by atoms with Crippen LogP contribution in [-0.2, 0) is 23.9 Å². The Hall–Kier alpha value is -1.65. The van der Waals surface area contributed by atoms with Crippen LogP contribution < -0.4 is 0 Å². The summed E-state index contributed by atoms with van der Waals surface area (Å²) < 4.78 is 9.27. The average molecular weight is 214 g/mol. The van der Waals surface area contributed by atoms with Gasteiger partial charge in [-0.15, -0.1) is 0 Å². The first-order valence-electron chi connectivity index (χ1n) is 4.41. The quantitative estimate of drug-likeness (QED) is 0.281. The Morgan fingerprint density at radius 3 is 2.07 bits per heavy atom. The van der Waals surface area contributed by atoms with Crippen LogP contribution in [0.5, 0.6) is 0 Å². The van der Waals surface area contributed by atoms with Gasteiger partial charge in [0, 0.05) is 5.57 Å². The molecule has 0 rings (SSSR count). The van der Waals surface area contributed by atoms with Crippen molar-refractivity contribution in [2.45, 2.75) is 20.3 Å². The highest BCUT2D eigenvalue weighted by molar-refractivity contribution is 5.94. The van der Waals surface area contributed by atoms with Gasteiger partial charge in [0.05, 0.1) is 0 Å². The smallest absolute Gasteiger partial charge is 0.333 e. The fraction of sp³-hybridized carbons (Fsp3) is 0.500. The van der Waals surface area contributed by atoms with E-state index in [9.17, 15) is 14.4 Å². The molecule has 0 saturated carbocycles. The molecule has 0 spiro atoms. The van der Waals surface area contributed by atoms with Gasteiger partial charge in [0.15, 0.2) is 0 Å². The van der Waals surface area contributed by atoms with E-state index in [0.717, 1.165) is 0 Å². The lowest BCUT2D eigenvalue weighted by Gasteiger charge is -2.05. The molecule has 0 aliphatic rings. The van der Waals surface area contributed by atoms with E-state index in [1.807, 2.05) is 0 Å². The van der Waals surface area contributed by atoms with Gasteiger partial charge >= 0.3 is 11.9 Å². The minimum Gasteiger partial charge on any atom is -0.462 e. The number of rotatable bonds is 6. The zero-order chi connectivity index (χ0) is 11.8. The highest BCUT2D eigenvalue weighted by atomic mass is 16.6. The van der Waals surface area contributed by atoms with Gasteiger partial charge in [-0.2, -0.15) is 0 Å². The summed E-state index contributed by atoms with van der Waals surface area (Å²) in [7, 11) is 0. The lowest BCUT2D eigenvalue weighted by atomic mass is 10.3. The highest BCUT2D eigenvalue weighted by Gasteiger charge is 2.07. The summed E-state index contributed by atoms with van der Waals surface area (Å²) in [6.45, 7) is 6.11. The molecule has 5 heteroatoms. The van der Waals surface area contributed by atoms with Gasteiger partial charge in [-0.25, -0.2) is 4.79 Å². The Morgan fingerprint density at radius 2 is 1.60 bits per heavy atom. The molecule has 0 aliphatic heterocycles. The van der Waals surface area contributed by atoms with Crippen LogP contribution in [0.1, 0.15) is 20.3 Å².